The van der Waals surface area contributed by atoms with E-state index in [9.17, 15) is 9.59 Å². The van der Waals surface area contributed by atoms with E-state index in [1.54, 1.807) is 11.3 Å². The van der Waals surface area contributed by atoms with Gasteiger partial charge in [-0.1, -0.05) is 94.2 Å². The molecule has 322 valence electrons. The number of aldehydes is 1. The molecule has 5 atom stereocenters. The lowest BCUT2D eigenvalue weighted by molar-refractivity contribution is -0.152. The molecule has 1 aliphatic carbocycles. The number of aromatic nitrogens is 1. The van der Waals surface area contributed by atoms with Crippen molar-refractivity contribution in [2.75, 3.05) is 0 Å². The Hall–Kier alpha value is -1.02. The standard InChI is InChI=1S/C46H85NO5SSi3/c1-33(25-26-39(50-54(15,16)43(6,7)8)35(3)31-38-32-53-37(5)47-38)23-21-24-34(2)41(52-56(19,20)45(12,13)14)36(4)42(49)46(28-22-29-46)40(27-30-48)51-55(17,18)44(9,10)11/h25,30-32,34,36,39-41H,21-24,26-29H2,1-20H3/b33-25-,35-31+/t34-,36+,39-,40-,41-/m0/s1. The molecule has 56 heavy (non-hydrogen) atoms. The van der Waals surface area contributed by atoms with Crippen LogP contribution in [-0.2, 0) is 22.9 Å². The van der Waals surface area contributed by atoms with Gasteiger partial charge in [0.05, 0.1) is 34.4 Å². The molecule has 2 rings (SSSR count). The Bertz CT molecular complexity index is 1500. The van der Waals surface area contributed by atoms with Gasteiger partial charge in [-0.3, -0.25) is 4.79 Å². The molecule has 0 N–H and O–H groups in total. The molecule has 0 spiro atoms. The predicted molar refractivity (Wildman–Crippen MR) is 249 cm³/mol. The van der Waals surface area contributed by atoms with Crippen LogP contribution in [0.15, 0.2) is 22.6 Å². The molecule has 0 aromatic carbocycles. The highest BCUT2D eigenvalue weighted by Gasteiger charge is 2.56. The van der Waals surface area contributed by atoms with Crippen molar-refractivity contribution in [1.29, 1.82) is 0 Å². The second kappa shape index (κ2) is 19.6. The summed E-state index contributed by atoms with van der Waals surface area (Å²) in [6.07, 6.45) is 11.6. The van der Waals surface area contributed by atoms with E-state index in [-0.39, 0.29) is 57.5 Å². The van der Waals surface area contributed by atoms with Crippen LogP contribution in [0.2, 0.25) is 54.4 Å². The molecule has 1 aromatic heterocycles. The maximum absolute atomic E-state index is 15.0. The van der Waals surface area contributed by atoms with Gasteiger partial charge in [0.1, 0.15) is 12.1 Å². The summed E-state index contributed by atoms with van der Waals surface area (Å²) in [4.78, 5) is 31.8. The largest absolute Gasteiger partial charge is 0.413 e. The van der Waals surface area contributed by atoms with Crippen molar-refractivity contribution in [2.24, 2.45) is 17.3 Å². The number of nitrogens with zero attached hydrogens (tertiary/aromatic N) is 1. The minimum atomic E-state index is -2.23. The van der Waals surface area contributed by atoms with Crippen LogP contribution in [0.4, 0.5) is 0 Å². The van der Waals surface area contributed by atoms with Crippen LogP contribution in [0.25, 0.3) is 6.08 Å². The van der Waals surface area contributed by atoms with Gasteiger partial charge >= 0.3 is 0 Å². The number of Topliss-reactive ketones (excluding diaryl/α,β-unsaturated/α-hetero) is 1. The van der Waals surface area contributed by atoms with Crippen LogP contribution in [0.5, 0.6) is 0 Å². The van der Waals surface area contributed by atoms with Crippen LogP contribution in [0.1, 0.15) is 152 Å². The molecule has 1 heterocycles. The number of hydrogen-bond acceptors (Lipinski definition) is 7. The number of carbonyl (C=O) groups excluding carboxylic acids is 2. The van der Waals surface area contributed by atoms with Crippen LogP contribution in [0, 0.1) is 24.2 Å². The van der Waals surface area contributed by atoms with Gasteiger partial charge in [-0.2, -0.15) is 0 Å². The van der Waals surface area contributed by atoms with Crippen LogP contribution in [0.3, 0.4) is 0 Å². The van der Waals surface area contributed by atoms with Crippen LogP contribution < -0.4 is 0 Å². The number of rotatable bonds is 21. The number of allylic oxidation sites excluding steroid dienone is 1. The second-order valence-corrected chi connectivity index (χ2v) is 37.3. The second-order valence-electron chi connectivity index (χ2n) is 22.0. The molecule has 10 heteroatoms. The average Bonchev–Trinajstić information content (AvgIpc) is 3.42. The van der Waals surface area contributed by atoms with Gasteiger partial charge in [0.15, 0.2) is 25.0 Å². The van der Waals surface area contributed by atoms with Gasteiger partial charge in [-0.05, 0) is 131 Å². The smallest absolute Gasteiger partial charge is 0.192 e. The first-order valence-corrected chi connectivity index (χ1v) is 31.2. The molecule has 1 aromatic rings. The van der Waals surface area contributed by atoms with Crippen LogP contribution in [-0.4, -0.2) is 60.3 Å². The summed E-state index contributed by atoms with van der Waals surface area (Å²) >= 11 is 1.68. The van der Waals surface area contributed by atoms with Gasteiger partial charge in [0, 0.05) is 17.7 Å². The molecule has 0 saturated heterocycles. The fourth-order valence-electron chi connectivity index (χ4n) is 7.03. The van der Waals surface area contributed by atoms with Gasteiger partial charge in [0.2, 0.25) is 0 Å². The molecule has 0 radical (unpaired) electrons. The normalized spacial score (nSPS) is 19.2. The summed E-state index contributed by atoms with van der Waals surface area (Å²) in [5.74, 6) is 0.142. The van der Waals surface area contributed by atoms with Crippen molar-refractivity contribution in [1.82, 2.24) is 4.98 Å². The van der Waals surface area contributed by atoms with E-state index in [2.05, 4.69) is 154 Å². The molecule has 0 bridgehead atoms. The summed E-state index contributed by atoms with van der Waals surface area (Å²) in [7, 11) is -6.46. The third kappa shape index (κ3) is 13.2. The molecular formula is C46H85NO5SSi3. The molecule has 1 aliphatic rings. The SMILES string of the molecule is C/C(=C/C[C@H](O[Si](C)(C)C(C)(C)C)/C(C)=C/c1csc(C)n1)CCC[C@H](C)[C@H](O[Si](C)(C)C(C)(C)C)[C@@H](C)C(=O)C1([C@H](CC=O)O[Si](C)(C)C(C)(C)C)CCC1. The Morgan fingerprint density at radius 1 is 0.857 bits per heavy atom. The van der Waals surface area contributed by atoms with E-state index in [1.807, 2.05) is 0 Å². The number of carbonyl (C=O) groups is 2. The van der Waals surface area contributed by atoms with E-state index in [4.69, 9.17) is 18.3 Å². The van der Waals surface area contributed by atoms with Crippen molar-refractivity contribution in [3.05, 3.63) is 33.3 Å². The fraction of sp³-hybridized carbons (Fsp3) is 0.804. The molecule has 6 nitrogen and oxygen atoms in total. The molecular weight excluding hydrogens is 763 g/mol. The Kier molecular flexibility index (Phi) is 17.9. The predicted octanol–water partition coefficient (Wildman–Crippen LogP) is 14.1. The lowest BCUT2D eigenvalue weighted by Gasteiger charge is -2.52. The van der Waals surface area contributed by atoms with Crippen LogP contribution >= 0.6 is 11.3 Å². The minimum Gasteiger partial charge on any atom is -0.413 e. The highest BCUT2D eigenvalue weighted by atomic mass is 32.1. The van der Waals surface area contributed by atoms with E-state index in [1.165, 1.54) is 11.1 Å². The van der Waals surface area contributed by atoms with E-state index < -0.39 is 30.4 Å². The van der Waals surface area contributed by atoms with Crippen molar-refractivity contribution in [2.45, 2.75) is 221 Å². The van der Waals surface area contributed by atoms with Gasteiger partial charge in [-0.25, -0.2) is 4.98 Å². The van der Waals surface area contributed by atoms with Crippen molar-refractivity contribution < 1.29 is 22.9 Å². The lowest BCUT2D eigenvalue weighted by Crippen LogP contribution is -2.58. The zero-order chi connectivity index (χ0) is 43.3. The first-order valence-electron chi connectivity index (χ1n) is 21.6. The first-order chi connectivity index (χ1) is 25.3. The summed E-state index contributed by atoms with van der Waals surface area (Å²) < 4.78 is 21.3. The Morgan fingerprint density at radius 3 is 1.82 bits per heavy atom. The zero-order valence-corrected chi connectivity index (χ0v) is 43.6. The average molecular weight is 849 g/mol. The summed E-state index contributed by atoms with van der Waals surface area (Å²) in [6.45, 7) is 45.1. The quantitative estimate of drug-likeness (QED) is 0.0697. The maximum Gasteiger partial charge on any atom is 0.192 e. The minimum absolute atomic E-state index is 0.00323. The molecule has 1 fully saturated rings. The Morgan fingerprint density at radius 2 is 1.38 bits per heavy atom. The summed E-state index contributed by atoms with van der Waals surface area (Å²) in [5, 5.41) is 3.31. The zero-order valence-electron chi connectivity index (χ0n) is 39.7. The van der Waals surface area contributed by atoms with Crippen molar-refractivity contribution in [3.8, 4) is 0 Å². The van der Waals surface area contributed by atoms with E-state index >= 15 is 0 Å². The lowest BCUT2D eigenvalue weighted by atomic mass is 9.59. The Labute approximate surface area is 352 Å². The van der Waals surface area contributed by atoms with Crippen molar-refractivity contribution in [3.63, 3.8) is 0 Å². The van der Waals surface area contributed by atoms with Crippen molar-refractivity contribution >= 4 is 54.4 Å². The highest BCUT2D eigenvalue weighted by molar-refractivity contribution is 7.09. The molecule has 0 unspecified atom stereocenters. The number of hydrogen-bond donors (Lipinski definition) is 0. The summed E-state index contributed by atoms with van der Waals surface area (Å²) in [5.41, 5.74) is 2.97. The number of thiazole rings is 1. The number of ketones is 1. The van der Waals surface area contributed by atoms with Gasteiger partial charge < -0.3 is 18.1 Å². The third-order valence-corrected chi connectivity index (χ3v) is 28.5. The molecule has 1 saturated carbocycles. The topological polar surface area (TPSA) is 74.7 Å². The first kappa shape index (κ1) is 51.1. The molecule has 0 aliphatic heterocycles. The maximum atomic E-state index is 15.0. The monoisotopic (exact) mass is 848 g/mol. The van der Waals surface area contributed by atoms with Gasteiger partial charge in [0.25, 0.3) is 0 Å². The van der Waals surface area contributed by atoms with E-state index in [0.29, 0.717) is 0 Å². The summed E-state index contributed by atoms with van der Waals surface area (Å²) in [6, 6.07) is 0. The molecule has 0 amide bonds. The van der Waals surface area contributed by atoms with Gasteiger partial charge in [-0.15, -0.1) is 11.3 Å². The fourth-order valence-corrected chi connectivity index (χ4v) is 11.8. The number of aryl methyl sites for hydroxylation is 1. The third-order valence-electron chi connectivity index (χ3n) is 14.3. The Balaban J connectivity index is 2.34. The van der Waals surface area contributed by atoms with E-state index in [0.717, 1.165) is 61.9 Å². The highest BCUT2D eigenvalue weighted by Crippen LogP contribution is 2.52.